The third-order valence-corrected chi connectivity index (χ3v) is 9.09. The van der Waals surface area contributed by atoms with E-state index < -0.39 is 23.2 Å². The van der Waals surface area contributed by atoms with Gasteiger partial charge >= 0.3 is 6.18 Å². The number of aryl methyl sites for hydroxylation is 1. The van der Waals surface area contributed by atoms with Gasteiger partial charge in [0, 0.05) is 57.1 Å². The molecule has 2 amide bonds. The minimum absolute atomic E-state index is 0.00563. The lowest BCUT2D eigenvalue weighted by Crippen LogP contribution is -2.57. The predicted octanol–water partition coefficient (Wildman–Crippen LogP) is 6.12. The van der Waals surface area contributed by atoms with E-state index in [1.165, 1.54) is 23.1 Å². The van der Waals surface area contributed by atoms with Crippen LogP contribution in [0.3, 0.4) is 0 Å². The summed E-state index contributed by atoms with van der Waals surface area (Å²) < 4.78 is 42.8. The van der Waals surface area contributed by atoms with Gasteiger partial charge in [0.05, 0.1) is 0 Å². The van der Waals surface area contributed by atoms with Crippen molar-refractivity contribution in [3.63, 3.8) is 0 Å². The van der Waals surface area contributed by atoms with E-state index in [9.17, 15) is 27.9 Å². The number of carbonyl (C=O) groups excluding carboxylic acids is 2. The number of amides is 2. The van der Waals surface area contributed by atoms with Gasteiger partial charge in [-0.05, 0) is 86.1 Å². The number of piperidine rings is 2. The molecular formula is C33H44F3N3O3. The highest BCUT2D eigenvalue weighted by atomic mass is 19.4. The molecule has 2 aromatic carbocycles. The van der Waals surface area contributed by atoms with Gasteiger partial charge in [-0.15, -0.1) is 0 Å². The lowest BCUT2D eigenvalue weighted by atomic mass is 9.82. The van der Waals surface area contributed by atoms with Crippen LogP contribution in [0.5, 0.6) is 0 Å². The van der Waals surface area contributed by atoms with Crippen molar-refractivity contribution in [2.75, 3.05) is 45.2 Å². The molecule has 1 unspecified atom stereocenters. The molecular weight excluding hydrogens is 543 g/mol. The highest BCUT2D eigenvalue weighted by Gasteiger charge is 2.62. The number of benzene rings is 2. The minimum Gasteiger partial charge on any atom is -0.372 e. The summed E-state index contributed by atoms with van der Waals surface area (Å²) in [5, 5.41) is 10.9. The maximum atomic E-state index is 14.3. The van der Waals surface area contributed by atoms with Gasteiger partial charge < -0.3 is 19.8 Å². The Hall–Kier alpha value is -3.07. The lowest BCUT2D eigenvalue weighted by Gasteiger charge is -2.40. The number of nitrogens with zero attached hydrogens (tertiary/aromatic N) is 3. The quantitative estimate of drug-likeness (QED) is 0.424. The van der Waals surface area contributed by atoms with Crippen LogP contribution >= 0.6 is 0 Å². The SMILES string of the molecule is Cc1cc(N2CCC(CC3CCN(C(=O)C(O)(c4cccc(C(C)C)c4)C(F)(F)F)CC3)CC2)ccc1C(=O)N(C)C. The fourth-order valence-electron chi connectivity index (χ4n) is 6.36. The van der Waals surface area contributed by atoms with Crippen LogP contribution in [0.4, 0.5) is 18.9 Å². The lowest BCUT2D eigenvalue weighted by molar-refractivity contribution is -0.262. The summed E-state index contributed by atoms with van der Waals surface area (Å²) in [6.45, 7) is 7.92. The van der Waals surface area contributed by atoms with Crippen molar-refractivity contribution < 1.29 is 27.9 Å². The van der Waals surface area contributed by atoms with E-state index in [4.69, 9.17) is 0 Å². The van der Waals surface area contributed by atoms with Gasteiger partial charge in [0.15, 0.2) is 0 Å². The average molecular weight is 588 g/mol. The molecule has 0 aromatic heterocycles. The fourth-order valence-corrected chi connectivity index (χ4v) is 6.36. The van der Waals surface area contributed by atoms with Crippen molar-refractivity contribution in [1.82, 2.24) is 9.80 Å². The molecule has 0 radical (unpaired) electrons. The van der Waals surface area contributed by atoms with E-state index in [0.29, 0.717) is 35.8 Å². The molecule has 2 aliphatic heterocycles. The zero-order valence-corrected chi connectivity index (χ0v) is 25.4. The largest absolute Gasteiger partial charge is 0.430 e. The second kappa shape index (κ2) is 12.7. The standard InChI is InChI=1S/C33H44F3N3O3/c1-22(2)26-7-6-8-27(21-26)32(42,33(34,35)36)31(41)39-17-13-25(14-18-39)20-24-11-15-38(16-12-24)28-9-10-29(23(3)19-28)30(40)37(4)5/h6-10,19,21-22,24-25,42H,11-18,20H2,1-5H3. The molecule has 42 heavy (non-hydrogen) atoms. The molecule has 0 aliphatic carbocycles. The average Bonchev–Trinajstić information content (AvgIpc) is 2.96. The molecule has 0 bridgehead atoms. The van der Waals surface area contributed by atoms with E-state index in [-0.39, 0.29) is 24.9 Å². The van der Waals surface area contributed by atoms with E-state index >= 15 is 0 Å². The molecule has 230 valence electrons. The van der Waals surface area contributed by atoms with Crippen LogP contribution in [-0.2, 0) is 10.4 Å². The van der Waals surface area contributed by atoms with Gasteiger partial charge in [0.1, 0.15) is 0 Å². The van der Waals surface area contributed by atoms with Crippen LogP contribution in [0.1, 0.15) is 78.9 Å². The summed E-state index contributed by atoms with van der Waals surface area (Å²) in [4.78, 5) is 30.7. The Morgan fingerprint density at radius 1 is 0.952 bits per heavy atom. The van der Waals surface area contributed by atoms with E-state index in [2.05, 4.69) is 11.0 Å². The molecule has 1 N–H and O–H groups in total. The van der Waals surface area contributed by atoms with Crippen molar-refractivity contribution in [2.24, 2.45) is 11.8 Å². The summed E-state index contributed by atoms with van der Waals surface area (Å²) in [6, 6.07) is 11.6. The van der Waals surface area contributed by atoms with Crippen molar-refractivity contribution >= 4 is 17.5 Å². The fraction of sp³-hybridized carbons (Fsp3) is 0.576. The molecule has 0 spiro atoms. The summed E-state index contributed by atoms with van der Waals surface area (Å²) in [5.74, 6) is -0.462. The first-order chi connectivity index (χ1) is 19.7. The Kier molecular flexibility index (Phi) is 9.60. The molecule has 4 rings (SSSR count). The highest BCUT2D eigenvalue weighted by Crippen LogP contribution is 2.42. The Morgan fingerprint density at radius 2 is 1.55 bits per heavy atom. The second-order valence-corrected chi connectivity index (χ2v) is 12.6. The zero-order valence-electron chi connectivity index (χ0n) is 25.4. The number of carbonyl (C=O) groups is 2. The van der Waals surface area contributed by atoms with Crippen molar-refractivity contribution in [3.8, 4) is 0 Å². The third-order valence-electron chi connectivity index (χ3n) is 9.09. The maximum Gasteiger partial charge on any atom is 0.430 e. The first kappa shape index (κ1) is 31.9. The zero-order chi connectivity index (χ0) is 30.8. The molecule has 2 aromatic rings. The Labute approximate surface area is 247 Å². The van der Waals surface area contributed by atoms with Gasteiger partial charge in [-0.2, -0.15) is 13.2 Å². The predicted molar refractivity (Wildman–Crippen MR) is 159 cm³/mol. The smallest absolute Gasteiger partial charge is 0.372 e. The van der Waals surface area contributed by atoms with E-state index in [1.807, 2.05) is 32.9 Å². The molecule has 1 atom stereocenters. The molecule has 2 aliphatic rings. The summed E-state index contributed by atoms with van der Waals surface area (Å²) in [6.07, 6.45) is -0.831. The van der Waals surface area contributed by atoms with Crippen LogP contribution in [-0.4, -0.2) is 73.2 Å². The Balaban J connectivity index is 1.32. The normalized spacial score (nSPS) is 18.7. The number of aliphatic hydroxyl groups is 1. The third kappa shape index (κ3) is 6.61. The number of likely N-dealkylation sites (tertiary alicyclic amines) is 1. The number of hydrogen-bond donors (Lipinski definition) is 1. The number of alkyl halides is 3. The van der Waals surface area contributed by atoms with Crippen LogP contribution in [0.15, 0.2) is 42.5 Å². The van der Waals surface area contributed by atoms with Crippen molar-refractivity contribution in [3.05, 3.63) is 64.7 Å². The van der Waals surface area contributed by atoms with E-state index in [0.717, 1.165) is 43.6 Å². The topological polar surface area (TPSA) is 64.1 Å². The van der Waals surface area contributed by atoms with Gasteiger partial charge in [-0.25, -0.2) is 0 Å². The summed E-state index contributed by atoms with van der Waals surface area (Å²) in [5.41, 5.74) is -0.563. The Morgan fingerprint density at radius 3 is 2.07 bits per heavy atom. The number of rotatable bonds is 7. The van der Waals surface area contributed by atoms with Crippen LogP contribution in [0, 0.1) is 18.8 Å². The maximum absolute atomic E-state index is 14.3. The monoisotopic (exact) mass is 587 g/mol. The number of anilines is 1. The molecule has 9 heteroatoms. The summed E-state index contributed by atoms with van der Waals surface area (Å²) in [7, 11) is 3.49. The van der Waals surface area contributed by atoms with Crippen molar-refractivity contribution in [1.29, 1.82) is 0 Å². The molecule has 2 heterocycles. The van der Waals surface area contributed by atoms with Gasteiger partial charge in [-0.1, -0.05) is 38.1 Å². The molecule has 2 fully saturated rings. The van der Waals surface area contributed by atoms with Crippen LogP contribution in [0.2, 0.25) is 0 Å². The molecule has 2 saturated heterocycles. The minimum atomic E-state index is -5.13. The molecule has 0 saturated carbocycles. The molecule has 6 nitrogen and oxygen atoms in total. The van der Waals surface area contributed by atoms with Crippen LogP contribution < -0.4 is 4.90 Å². The van der Waals surface area contributed by atoms with Gasteiger partial charge in [-0.3, -0.25) is 9.59 Å². The first-order valence-corrected chi connectivity index (χ1v) is 15.0. The van der Waals surface area contributed by atoms with E-state index in [1.54, 1.807) is 25.1 Å². The van der Waals surface area contributed by atoms with Crippen LogP contribution in [0.25, 0.3) is 0 Å². The summed E-state index contributed by atoms with van der Waals surface area (Å²) >= 11 is 0. The second-order valence-electron chi connectivity index (χ2n) is 12.6. The highest BCUT2D eigenvalue weighted by molar-refractivity contribution is 5.95. The van der Waals surface area contributed by atoms with Gasteiger partial charge in [0.25, 0.3) is 17.4 Å². The first-order valence-electron chi connectivity index (χ1n) is 15.0. The number of halogens is 3. The van der Waals surface area contributed by atoms with Crippen molar-refractivity contribution in [2.45, 2.75) is 70.6 Å². The Bertz CT molecular complexity index is 1260. The van der Waals surface area contributed by atoms with Gasteiger partial charge in [0.2, 0.25) is 0 Å². The number of hydrogen-bond acceptors (Lipinski definition) is 4.